The fraction of sp³-hybridized carbons (Fsp3) is 0.562. The van der Waals surface area contributed by atoms with E-state index in [-0.39, 0.29) is 22.0 Å². The maximum absolute atomic E-state index is 15.2. The van der Waals surface area contributed by atoms with E-state index in [0.717, 1.165) is 25.9 Å². The number of nitrogens with one attached hydrogen (secondary N) is 1. The third kappa shape index (κ3) is 4.76. The highest BCUT2D eigenvalue weighted by Gasteiger charge is 2.41. The SMILES string of the molecule is CSNC1CCN(CCC(F)(C(=O)O)c2ccc(Cl)c(Cl)c2)CC1. The number of carboxylic acids is 1. The zero-order valence-corrected chi connectivity index (χ0v) is 15.7. The number of hydrogen-bond acceptors (Lipinski definition) is 4. The summed E-state index contributed by atoms with van der Waals surface area (Å²) < 4.78 is 18.5. The monoisotopic (exact) mass is 394 g/mol. The van der Waals surface area contributed by atoms with E-state index in [1.165, 1.54) is 18.2 Å². The van der Waals surface area contributed by atoms with Gasteiger partial charge in [-0.3, -0.25) is 4.72 Å². The smallest absolute Gasteiger partial charge is 0.346 e. The van der Waals surface area contributed by atoms with Crippen molar-refractivity contribution in [2.24, 2.45) is 0 Å². The highest BCUT2D eigenvalue weighted by Crippen LogP contribution is 2.35. The Hall–Kier alpha value is -0.530. The molecule has 2 N–H and O–H groups in total. The van der Waals surface area contributed by atoms with Crippen LogP contribution in [0.15, 0.2) is 18.2 Å². The van der Waals surface area contributed by atoms with Crippen molar-refractivity contribution >= 4 is 41.1 Å². The number of rotatable bonds is 7. The molecule has 1 aliphatic heterocycles. The summed E-state index contributed by atoms with van der Waals surface area (Å²) in [7, 11) is 0. The van der Waals surface area contributed by atoms with Gasteiger partial charge in [-0.15, -0.1) is 0 Å². The summed E-state index contributed by atoms with van der Waals surface area (Å²) in [5.41, 5.74) is -2.44. The first kappa shape index (κ1) is 19.8. The highest BCUT2D eigenvalue weighted by atomic mass is 35.5. The fourth-order valence-electron chi connectivity index (χ4n) is 2.87. The molecule has 0 saturated carbocycles. The summed E-state index contributed by atoms with van der Waals surface area (Å²) in [6.45, 7) is 2.04. The molecule has 1 unspecified atom stereocenters. The van der Waals surface area contributed by atoms with Crippen LogP contribution in [0.3, 0.4) is 0 Å². The second-order valence-electron chi connectivity index (χ2n) is 5.92. The van der Waals surface area contributed by atoms with Crippen molar-refractivity contribution in [2.45, 2.75) is 31.0 Å². The number of carboxylic acid groups (broad SMARTS) is 1. The number of carbonyl (C=O) groups is 1. The molecule has 1 atom stereocenters. The minimum Gasteiger partial charge on any atom is -0.479 e. The molecule has 0 aromatic heterocycles. The van der Waals surface area contributed by atoms with Crippen LogP contribution in [-0.2, 0) is 10.5 Å². The molecule has 134 valence electrons. The summed E-state index contributed by atoms with van der Waals surface area (Å²) in [5.74, 6) is -1.50. The van der Waals surface area contributed by atoms with Gasteiger partial charge >= 0.3 is 5.97 Å². The second-order valence-corrected chi connectivity index (χ2v) is 7.38. The first-order valence-electron chi connectivity index (χ1n) is 7.75. The van der Waals surface area contributed by atoms with Crippen molar-refractivity contribution in [2.75, 3.05) is 25.9 Å². The van der Waals surface area contributed by atoms with Crippen molar-refractivity contribution < 1.29 is 14.3 Å². The quantitative estimate of drug-likeness (QED) is 0.685. The molecule has 0 amide bonds. The molecule has 1 saturated heterocycles. The zero-order chi connectivity index (χ0) is 17.7. The average Bonchev–Trinajstić information content (AvgIpc) is 2.56. The molecule has 0 radical (unpaired) electrons. The lowest BCUT2D eigenvalue weighted by atomic mass is 9.91. The van der Waals surface area contributed by atoms with Crippen LogP contribution in [-0.4, -0.2) is 47.9 Å². The van der Waals surface area contributed by atoms with E-state index in [0.29, 0.717) is 12.6 Å². The zero-order valence-electron chi connectivity index (χ0n) is 13.4. The van der Waals surface area contributed by atoms with Crippen LogP contribution in [0.25, 0.3) is 0 Å². The Balaban J connectivity index is 2.01. The Labute approximate surface area is 155 Å². The maximum Gasteiger partial charge on any atom is 0.346 e. The molecule has 0 aliphatic carbocycles. The molecule has 1 fully saturated rings. The van der Waals surface area contributed by atoms with E-state index in [4.69, 9.17) is 23.2 Å². The van der Waals surface area contributed by atoms with Gasteiger partial charge in [0.2, 0.25) is 5.67 Å². The number of likely N-dealkylation sites (tertiary alicyclic amines) is 1. The van der Waals surface area contributed by atoms with Crippen LogP contribution < -0.4 is 4.72 Å². The number of hydrogen-bond donors (Lipinski definition) is 2. The predicted octanol–water partition coefficient (Wildman–Crippen LogP) is 3.96. The lowest BCUT2D eigenvalue weighted by Gasteiger charge is -2.33. The average molecular weight is 395 g/mol. The van der Waals surface area contributed by atoms with Gasteiger partial charge in [0.1, 0.15) is 0 Å². The van der Waals surface area contributed by atoms with Crippen molar-refractivity contribution in [3.63, 3.8) is 0 Å². The molecule has 0 bridgehead atoms. The normalized spacial score (nSPS) is 19.2. The van der Waals surface area contributed by atoms with Gasteiger partial charge in [0.25, 0.3) is 0 Å². The molecular weight excluding hydrogens is 374 g/mol. The Morgan fingerprint density at radius 1 is 1.42 bits per heavy atom. The van der Waals surface area contributed by atoms with Crippen molar-refractivity contribution in [3.8, 4) is 0 Å². The van der Waals surface area contributed by atoms with E-state index >= 15 is 4.39 Å². The first-order chi connectivity index (χ1) is 11.4. The predicted molar refractivity (Wildman–Crippen MR) is 97.6 cm³/mol. The van der Waals surface area contributed by atoms with Crippen molar-refractivity contribution in [3.05, 3.63) is 33.8 Å². The maximum atomic E-state index is 15.2. The molecule has 4 nitrogen and oxygen atoms in total. The van der Waals surface area contributed by atoms with E-state index in [1.54, 1.807) is 11.9 Å². The fourth-order valence-corrected chi connectivity index (χ4v) is 3.74. The van der Waals surface area contributed by atoms with Crippen LogP contribution >= 0.6 is 35.1 Å². The van der Waals surface area contributed by atoms with Crippen molar-refractivity contribution in [1.29, 1.82) is 0 Å². The van der Waals surface area contributed by atoms with Gasteiger partial charge in [0, 0.05) is 24.6 Å². The Bertz CT molecular complexity index is 585. The molecule has 8 heteroatoms. The third-order valence-corrected chi connectivity index (χ3v) is 5.67. The van der Waals surface area contributed by atoms with Crippen LogP contribution in [0.4, 0.5) is 4.39 Å². The minimum atomic E-state index is -2.47. The molecule has 1 heterocycles. The van der Waals surface area contributed by atoms with E-state index in [2.05, 4.69) is 9.62 Å². The lowest BCUT2D eigenvalue weighted by molar-refractivity contribution is -0.152. The lowest BCUT2D eigenvalue weighted by Crippen LogP contribution is -2.43. The summed E-state index contributed by atoms with van der Waals surface area (Å²) in [5, 5.41) is 9.83. The molecule has 24 heavy (non-hydrogen) atoms. The summed E-state index contributed by atoms with van der Waals surface area (Å²) in [6.07, 6.45) is 3.81. The number of nitrogens with zero attached hydrogens (tertiary/aromatic N) is 1. The largest absolute Gasteiger partial charge is 0.479 e. The van der Waals surface area contributed by atoms with Gasteiger partial charge in [-0.05, 0) is 44.3 Å². The Morgan fingerprint density at radius 3 is 2.62 bits per heavy atom. The molecule has 0 spiro atoms. The van der Waals surface area contributed by atoms with E-state index in [9.17, 15) is 9.90 Å². The van der Waals surface area contributed by atoms with Crippen LogP contribution in [0.1, 0.15) is 24.8 Å². The van der Waals surface area contributed by atoms with Gasteiger partial charge in [0.15, 0.2) is 0 Å². The second kappa shape index (κ2) is 8.72. The van der Waals surface area contributed by atoms with Crippen molar-refractivity contribution in [1.82, 2.24) is 9.62 Å². The first-order valence-corrected chi connectivity index (χ1v) is 9.73. The summed E-state index contributed by atoms with van der Waals surface area (Å²) in [6, 6.07) is 4.57. The number of benzene rings is 1. The van der Waals surface area contributed by atoms with Gasteiger partial charge < -0.3 is 10.0 Å². The summed E-state index contributed by atoms with van der Waals surface area (Å²) >= 11 is 13.3. The number of halogens is 3. The third-order valence-electron chi connectivity index (χ3n) is 4.36. The van der Waals surface area contributed by atoms with Crippen LogP contribution in [0, 0.1) is 0 Å². The molecule has 1 aliphatic rings. The Kier molecular flexibility index (Phi) is 7.19. The highest BCUT2D eigenvalue weighted by molar-refractivity contribution is 7.96. The molecule has 1 aromatic rings. The number of piperidine rings is 1. The summed E-state index contributed by atoms with van der Waals surface area (Å²) in [4.78, 5) is 13.6. The van der Waals surface area contributed by atoms with Crippen LogP contribution in [0.5, 0.6) is 0 Å². The molecule has 2 rings (SSSR count). The number of aliphatic carboxylic acids is 1. The molecule has 1 aromatic carbocycles. The van der Waals surface area contributed by atoms with Gasteiger partial charge in [-0.25, -0.2) is 9.18 Å². The van der Waals surface area contributed by atoms with Gasteiger partial charge in [-0.1, -0.05) is 41.2 Å². The number of alkyl halides is 1. The Morgan fingerprint density at radius 2 is 2.08 bits per heavy atom. The van der Waals surface area contributed by atoms with E-state index < -0.39 is 11.6 Å². The van der Waals surface area contributed by atoms with Crippen LogP contribution in [0.2, 0.25) is 10.0 Å². The standard InChI is InChI=1S/C16H21Cl2FN2O2S/c1-24-20-12-4-7-21(8-5-12)9-6-16(19,15(22)23)11-2-3-13(17)14(18)10-11/h2-3,10,12,20H,4-9H2,1H3,(H,22,23). The van der Waals surface area contributed by atoms with Gasteiger partial charge in [0.05, 0.1) is 10.0 Å². The van der Waals surface area contributed by atoms with Gasteiger partial charge in [-0.2, -0.15) is 0 Å². The minimum absolute atomic E-state index is 0.0309. The van der Waals surface area contributed by atoms with E-state index in [1.807, 2.05) is 6.26 Å². The topological polar surface area (TPSA) is 52.6 Å². The molecular formula is C16H21Cl2FN2O2S.